The third kappa shape index (κ3) is 5.10. The van der Waals surface area contributed by atoms with Crippen molar-refractivity contribution in [3.05, 3.63) is 67.6 Å². The fraction of sp³-hybridized carbons (Fsp3) is 0.188. The molecule has 0 unspecified atom stereocenters. The Kier molecular flexibility index (Phi) is 7.12. The van der Waals surface area contributed by atoms with E-state index in [1.807, 2.05) is 0 Å². The highest BCUT2D eigenvalue weighted by atomic mass is 79.9. The van der Waals surface area contributed by atoms with Crippen LogP contribution in [0.2, 0.25) is 0 Å². The van der Waals surface area contributed by atoms with Crippen LogP contribution in [0.1, 0.15) is 22.2 Å². The molecule has 0 aromatic heterocycles. The molecular formula is C16H10Br2F4O3. The van der Waals surface area contributed by atoms with Crippen LogP contribution < -0.4 is 0 Å². The molecule has 0 N–H and O–H groups in total. The summed E-state index contributed by atoms with van der Waals surface area (Å²) in [5, 5.41) is 0. The molecule has 0 amide bonds. The molecule has 0 bridgehead atoms. The molecule has 3 rings (SSSR count). The highest BCUT2D eigenvalue weighted by molar-refractivity contribution is 9.10. The number of hydrogen-bond donors (Lipinski definition) is 0. The first-order chi connectivity index (χ1) is 11.8. The summed E-state index contributed by atoms with van der Waals surface area (Å²) in [6, 6.07) is 3.67. The Bertz CT molecular complexity index is 780. The van der Waals surface area contributed by atoms with Crippen molar-refractivity contribution in [1.82, 2.24) is 0 Å². The summed E-state index contributed by atoms with van der Waals surface area (Å²) in [7, 11) is 0. The van der Waals surface area contributed by atoms with Crippen LogP contribution in [-0.4, -0.2) is 19.5 Å². The van der Waals surface area contributed by atoms with Crippen LogP contribution in [0.25, 0.3) is 0 Å². The predicted octanol–water partition coefficient (Wildman–Crippen LogP) is 5.31. The van der Waals surface area contributed by atoms with Gasteiger partial charge >= 0.3 is 0 Å². The highest BCUT2D eigenvalue weighted by Gasteiger charge is 2.23. The first kappa shape index (κ1) is 20.0. The number of carbonyl (C=O) groups excluding carboxylic acids is 1. The number of rotatable bonds is 2. The first-order valence-corrected chi connectivity index (χ1v) is 8.39. The third-order valence-corrected chi connectivity index (χ3v) is 4.72. The topological polar surface area (TPSA) is 35.5 Å². The molecule has 3 nitrogen and oxygen atoms in total. The number of aldehydes is 1. The van der Waals surface area contributed by atoms with Gasteiger partial charge < -0.3 is 9.47 Å². The van der Waals surface area contributed by atoms with Crippen molar-refractivity contribution < 1.29 is 31.8 Å². The van der Waals surface area contributed by atoms with Crippen LogP contribution in [0, 0.1) is 23.3 Å². The maximum Gasteiger partial charge on any atom is 0.185 e. The molecule has 0 saturated carbocycles. The van der Waals surface area contributed by atoms with E-state index in [0.717, 1.165) is 12.1 Å². The average molecular weight is 486 g/mol. The van der Waals surface area contributed by atoms with Gasteiger partial charge in [0.05, 0.1) is 22.2 Å². The maximum absolute atomic E-state index is 13.1. The van der Waals surface area contributed by atoms with Crippen molar-refractivity contribution in [2.75, 3.05) is 13.2 Å². The van der Waals surface area contributed by atoms with E-state index in [2.05, 4.69) is 31.9 Å². The summed E-state index contributed by atoms with van der Waals surface area (Å²) >= 11 is 5.82. The Labute approximate surface area is 157 Å². The molecule has 134 valence electrons. The van der Waals surface area contributed by atoms with Gasteiger partial charge in [-0.25, -0.2) is 17.6 Å². The summed E-state index contributed by atoms with van der Waals surface area (Å²) in [5.41, 5.74) is 0.322. The second-order valence-corrected chi connectivity index (χ2v) is 6.36. The minimum Gasteiger partial charge on any atom is -0.346 e. The summed E-state index contributed by atoms with van der Waals surface area (Å²) in [6.07, 6.45) is -0.287. The van der Waals surface area contributed by atoms with Crippen LogP contribution in [0.4, 0.5) is 17.6 Å². The van der Waals surface area contributed by atoms with Gasteiger partial charge in [0.2, 0.25) is 0 Å². The van der Waals surface area contributed by atoms with Gasteiger partial charge in [-0.3, -0.25) is 4.79 Å². The standard InChI is InChI=1S/C9H7BrF2O2.C7H3BrF2O/c10-8-6(9-13-1-2-14-9)3-5(11)4-7(8)12;8-7-4(3-11)1-5(9)2-6(7)10/h3-4,9H,1-2H2;1-3H. The molecule has 2 aromatic rings. The monoisotopic (exact) mass is 484 g/mol. The molecule has 2 aromatic carbocycles. The molecule has 0 aliphatic carbocycles. The number of halogens is 6. The van der Waals surface area contributed by atoms with Gasteiger partial charge in [-0.1, -0.05) is 0 Å². The normalized spacial score (nSPS) is 14.2. The molecule has 0 atom stereocenters. The molecular weight excluding hydrogens is 476 g/mol. The van der Waals surface area contributed by atoms with E-state index in [9.17, 15) is 22.4 Å². The largest absolute Gasteiger partial charge is 0.346 e. The Morgan fingerprint density at radius 3 is 1.96 bits per heavy atom. The first-order valence-electron chi connectivity index (χ1n) is 6.81. The zero-order chi connectivity index (χ0) is 18.6. The van der Waals surface area contributed by atoms with E-state index in [-0.39, 0.29) is 14.5 Å². The lowest BCUT2D eigenvalue weighted by atomic mass is 10.2. The minimum absolute atomic E-state index is 0.00565. The third-order valence-electron chi connectivity index (χ3n) is 3.04. The van der Waals surface area contributed by atoms with Gasteiger partial charge in [0, 0.05) is 23.3 Å². The summed E-state index contributed by atoms with van der Waals surface area (Å²) < 4.78 is 61.4. The number of ether oxygens (including phenoxy) is 2. The SMILES string of the molecule is Fc1cc(F)c(Br)c(C2OCCO2)c1.O=Cc1cc(F)cc(F)c1Br. The van der Waals surface area contributed by atoms with Crippen molar-refractivity contribution in [2.45, 2.75) is 6.29 Å². The van der Waals surface area contributed by atoms with E-state index < -0.39 is 29.6 Å². The van der Waals surface area contributed by atoms with Gasteiger partial charge in [-0.2, -0.15) is 0 Å². The van der Waals surface area contributed by atoms with Gasteiger partial charge in [0.25, 0.3) is 0 Å². The Morgan fingerprint density at radius 2 is 1.40 bits per heavy atom. The molecule has 9 heteroatoms. The predicted molar refractivity (Wildman–Crippen MR) is 88.1 cm³/mol. The molecule has 1 heterocycles. The Balaban J connectivity index is 0.000000186. The molecule has 1 saturated heterocycles. The fourth-order valence-electron chi connectivity index (χ4n) is 1.95. The zero-order valence-corrected chi connectivity index (χ0v) is 15.5. The van der Waals surface area contributed by atoms with E-state index in [1.54, 1.807) is 0 Å². The van der Waals surface area contributed by atoms with Crippen molar-refractivity contribution >= 4 is 38.1 Å². The summed E-state index contributed by atoms with van der Waals surface area (Å²) in [6.45, 7) is 0.879. The van der Waals surface area contributed by atoms with Crippen molar-refractivity contribution in [1.29, 1.82) is 0 Å². The van der Waals surface area contributed by atoms with Gasteiger partial charge in [0.1, 0.15) is 23.3 Å². The van der Waals surface area contributed by atoms with E-state index in [0.29, 0.717) is 31.1 Å². The van der Waals surface area contributed by atoms with E-state index in [4.69, 9.17) is 9.47 Å². The van der Waals surface area contributed by atoms with Gasteiger partial charge in [-0.15, -0.1) is 0 Å². The number of carbonyl (C=O) groups is 1. The van der Waals surface area contributed by atoms with Crippen molar-refractivity contribution in [2.24, 2.45) is 0 Å². The molecule has 0 spiro atoms. The Hall–Kier alpha value is -1.29. The van der Waals surface area contributed by atoms with Crippen molar-refractivity contribution in [3.63, 3.8) is 0 Å². The lowest BCUT2D eigenvalue weighted by Crippen LogP contribution is -2.01. The zero-order valence-electron chi connectivity index (χ0n) is 12.4. The average Bonchev–Trinajstić information content (AvgIpc) is 3.09. The van der Waals surface area contributed by atoms with Crippen molar-refractivity contribution in [3.8, 4) is 0 Å². The molecule has 25 heavy (non-hydrogen) atoms. The van der Waals surface area contributed by atoms with Crippen LogP contribution in [-0.2, 0) is 9.47 Å². The number of benzene rings is 2. The quantitative estimate of drug-likeness (QED) is 0.328. The van der Waals surface area contributed by atoms with Crippen LogP contribution in [0.3, 0.4) is 0 Å². The fourth-order valence-corrected chi connectivity index (χ4v) is 2.69. The van der Waals surface area contributed by atoms with Gasteiger partial charge in [-0.05, 0) is 44.0 Å². The lowest BCUT2D eigenvalue weighted by molar-refractivity contribution is -0.0450. The maximum atomic E-state index is 13.1. The highest BCUT2D eigenvalue weighted by Crippen LogP contribution is 2.32. The van der Waals surface area contributed by atoms with Crippen LogP contribution in [0.15, 0.2) is 33.2 Å². The van der Waals surface area contributed by atoms with Crippen LogP contribution >= 0.6 is 31.9 Å². The summed E-state index contributed by atoms with van der Waals surface area (Å²) in [4.78, 5) is 10.2. The second kappa shape index (κ2) is 8.88. The second-order valence-electron chi connectivity index (χ2n) is 4.77. The Morgan fingerprint density at radius 1 is 0.880 bits per heavy atom. The van der Waals surface area contributed by atoms with E-state index in [1.165, 1.54) is 6.07 Å². The van der Waals surface area contributed by atoms with E-state index >= 15 is 0 Å². The molecule has 1 aliphatic rings. The smallest absolute Gasteiger partial charge is 0.185 e. The van der Waals surface area contributed by atoms with Gasteiger partial charge in [0.15, 0.2) is 12.6 Å². The molecule has 1 fully saturated rings. The molecule has 0 radical (unpaired) electrons. The summed E-state index contributed by atoms with van der Waals surface area (Å²) in [5.74, 6) is -2.82. The van der Waals surface area contributed by atoms with Crippen LogP contribution in [0.5, 0.6) is 0 Å². The lowest BCUT2D eigenvalue weighted by Gasteiger charge is -2.11. The number of hydrogen-bond acceptors (Lipinski definition) is 3. The molecule has 1 aliphatic heterocycles. The minimum atomic E-state index is -0.771.